The van der Waals surface area contributed by atoms with Crippen LogP contribution in [0, 0.1) is 4.77 Å². The second-order valence-corrected chi connectivity index (χ2v) is 9.02. The molecule has 0 bridgehead atoms. The molecular formula is C24H19N5O2S2. The van der Waals surface area contributed by atoms with Crippen molar-refractivity contribution in [3.8, 4) is 11.5 Å². The molecule has 0 unspecified atom stereocenters. The van der Waals surface area contributed by atoms with E-state index in [4.69, 9.17) is 21.7 Å². The monoisotopic (exact) mass is 473 g/mol. The summed E-state index contributed by atoms with van der Waals surface area (Å²) < 4.78 is 13.0. The average molecular weight is 474 g/mol. The van der Waals surface area contributed by atoms with Gasteiger partial charge in [-0.3, -0.25) is 5.10 Å². The van der Waals surface area contributed by atoms with E-state index in [0.717, 1.165) is 29.4 Å². The molecule has 2 aliphatic heterocycles. The Balaban J connectivity index is 1.26. The van der Waals surface area contributed by atoms with Gasteiger partial charge in [-0.2, -0.15) is 14.9 Å². The van der Waals surface area contributed by atoms with Crippen LogP contribution in [-0.4, -0.2) is 34.4 Å². The van der Waals surface area contributed by atoms with Gasteiger partial charge in [0.1, 0.15) is 0 Å². The quantitative estimate of drug-likeness (QED) is 0.309. The van der Waals surface area contributed by atoms with Gasteiger partial charge in [-0.1, -0.05) is 36.0 Å². The molecule has 164 valence electrons. The zero-order valence-corrected chi connectivity index (χ0v) is 19.1. The van der Waals surface area contributed by atoms with Crippen molar-refractivity contribution in [2.45, 2.75) is 16.2 Å². The van der Waals surface area contributed by atoms with Gasteiger partial charge in [0.25, 0.3) is 0 Å². The summed E-state index contributed by atoms with van der Waals surface area (Å²) in [5.41, 5.74) is 3.29. The first-order valence-electron chi connectivity index (χ1n) is 10.5. The Kier molecular flexibility index (Phi) is 5.12. The third-order valence-electron chi connectivity index (χ3n) is 5.53. The number of aromatic nitrogens is 3. The number of benzene rings is 3. The van der Waals surface area contributed by atoms with Crippen LogP contribution in [0.4, 0.5) is 11.4 Å². The van der Waals surface area contributed by atoms with Gasteiger partial charge in [-0.25, -0.2) is 0 Å². The van der Waals surface area contributed by atoms with E-state index in [-0.39, 0.29) is 6.79 Å². The summed E-state index contributed by atoms with van der Waals surface area (Å²) in [7, 11) is 0. The number of H-pyrrole nitrogens is 1. The number of fused-ring (bicyclic) bond motifs is 3. The minimum Gasteiger partial charge on any atom is -0.454 e. The van der Waals surface area contributed by atoms with Crippen molar-refractivity contribution in [1.82, 2.24) is 14.9 Å². The molecule has 6 rings (SSSR count). The molecule has 4 aromatic rings. The zero-order chi connectivity index (χ0) is 22.2. The molecular weight excluding hydrogens is 454 g/mol. The van der Waals surface area contributed by atoms with Crippen molar-refractivity contribution in [3.05, 3.63) is 82.9 Å². The van der Waals surface area contributed by atoms with Crippen LogP contribution in [-0.2, 0) is 6.42 Å². The second kappa shape index (κ2) is 8.42. The fourth-order valence-corrected chi connectivity index (χ4v) is 5.25. The lowest BCUT2D eigenvalue weighted by atomic mass is 10.2. The molecule has 7 nitrogen and oxygen atoms in total. The van der Waals surface area contributed by atoms with E-state index in [0.29, 0.717) is 11.2 Å². The second-order valence-electron chi connectivity index (χ2n) is 7.55. The maximum absolute atomic E-state index is 5.45. The number of aromatic amines is 1. The summed E-state index contributed by atoms with van der Waals surface area (Å²) in [6.07, 6.45) is 2.41. The third kappa shape index (κ3) is 3.79. The lowest BCUT2D eigenvalue weighted by Crippen LogP contribution is -2.24. The van der Waals surface area contributed by atoms with Gasteiger partial charge >= 0.3 is 0 Å². The number of para-hydroxylation sites is 2. The van der Waals surface area contributed by atoms with Crippen LogP contribution in [0.3, 0.4) is 0 Å². The van der Waals surface area contributed by atoms with E-state index >= 15 is 0 Å². The molecule has 2 aliphatic rings. The van der Waals surface area contributed by atoms with E-state index in [1.807, 2.05) is 18.2 Å². The SMILES string of the molecule is S=c1[nH]nc(CCN2c3ccccc3Sc3ccccc32)n1/N=C\c1ccc2c(c1)OCO2. The van der Waals surface area contributed by atoms with E-state index in [1.165, 1.54) is 21.2 Å². The topological polar surface area (TPSA) is 67.7 Å². The molecule has 0 radical (unpaired) electrons. The number of hydrogen-bond donors (Lipinski definition) is 1. The normalized spacial score (nSPS) is 13.9. The zero-order valence-electron chi connectivity index (χ0n) is 17.5. The maximum Gasteiger partial charge on any atom is 0.231 e. The largest absolute Gasteiger partial charge is 0.454 e. The van der Waals surface area contributed by atoms with Gasteiger partial charge in [-0.05, 0) is 60.2 Å². The first-order valence-corrected chi connectivity index (χ1v) is 11.7. The number of rotatable bonds is 5. The molecule has 0 fully saturated rings. The summed E-state index contributed by atoms with van der Waals surface area (Å²) >= 11 is 7.24. The molecule has 1 N–H and O–H groups in total. The smallest absolute Gasteiger partial charge is 0.231 e. The number of nitrogens with one attached hydrogen (secondary N) is 1. The van der Waals surface area contributed by atoms with Crippen LogP contribution in [0.5, 0.6) is 11.5 Å². The van der Waals surface area contributed by atoms with Gasteiger partial charge in [-0.15, -0.1) is 0 Å². The highest BCUT2D eigenvalue weighted by Gasteiger charge is 2.23. The molecule has 3 aromatic carbocycles. The van der Waals surface area contributed by atoms with Gasteiger partial charge in [0.15, 0.2) is 17.3 Å². The average Bonchev–Trinajstić information content (AvgIpc) is 3.46. The predicted octanol–water partition coefficient (Wildman–Crippen LogP) is 5.40. The summed E-state index contributed by atoms with van der Waals surface area (Å²) in [6.45, 7) is 0.988. The minimum atomic E-state index is 0.244. The molecule has 0 saturated heterocycles. The predicted molar refractivity (Wildman–Crippen MR) is 131 cm³/mol. The van der Waals surface area contributed by atoms with Gasteiger partial charge in [0.05, 0.1) is 17.6 Å². The van der Waals surface area contributed by atoms with E-state index in [1.54, 1.807) is 22.7 Å². The Morgan fingerprint density at radius 2 is 1.73 bits per heavy atom. The summed E-state index contributed by atoms with van der Waals surface area (Å²) in [5.74, 6) is 2.23. The van der Waals surface area contributed by atoms with E-state index in [9.17, 15) is 0 Å². The van der Waals surface area contributed by atoms with Crippen LogP contribution in [0.15, 0.2) is 81.6 Å². The van der Waals surface area contributed by atoms with Crippen molar-refractivity contribution in [3.63, 3.8) is 0 Å². The number of anilines is 2. The summed E-state index contributed by atoms with van der Waals surface area (Å²) in [5, 5.41) is 11.9. The molecule has 9 heteroatoms. The van der Waals surface area contributed by atoms with E-state index < -0.39 is 0 Å². The van der Waals surface area contributed by atoms with Gasteiger partial charge < -0.3 is 14.4 Å². The standard InChI is InChI=1S/C24H19N5O2S2/c32-24-27-26-23(29(24)25-14-16-9-10-19-20(13-16)31-15-30-19)11-12-28-17-5-1-3-7-21(17)33-22-8-4-2-6-18(22)28/h1-10,13-14H,11-12,15H2,(H,27,32)/b25-14-. The van der Waals surface area contributed by atoms with Crippen molar-refractivity contribution in [2.75, 3.05) is 18.2 Å². The van der Waals surface area contributed by atoms with Gasteiger partial charge in [0, 0.05) is 22.8 Å². The maximum atomic E-state index is 5.45. The first kappa shape index (κ1) is 20.1. The molecule has 0 atom stereocenters. The highest BCUT2D eigenvalue weighted by molar-refractivity contribution is 7.99. The molecule has 33 heavy (non-hydrogen) atoms. The number of ether oxygens (including phenoxy) is 2. The van der Waals surface area contributed by atoms with Crippen LogP contribution in [0.1, 0.15) is 11.4 Å². The van der Waals surface area contributed by atoms with Crippen molar-refractivity contribution < 1.29 is 9.47 Å². The fourth-order valence-electron chi connectivity index (χ4n) is 3.96. The van der Waals surface area contributed by atoms with Crippen LogP contribution in [0.25, 0.3) is 0 Å². The molecule has 1 aromatic heterocycles. The molecule has 3 heterocycles. The highest BCUT2D eigenvalue weighted by Crippen LogP contribution is 2.47. The lowest BCUT2D eigenvalue weighted by molar-refractivity contribution is 0.174. The highest BCUT2D eigenvalue weighted by atomic mass is 32.2. The Morgan fingerprint density at radius 3 is 2.52 bits per heavy atom. The molecule has 0 saturated carbocycles. The van der Waals surface area contributed by atoms with Crippen LogP contribution in [0.2, 0.25) is 0 Å². The Morgan fingerprint density at radius 1 is 1.00 bits per heavy atom. The van der Waals surface area contributed by atoms with Crippen molar-refractivity contribution in [2.24, 2.45) is 5.10 Å². The summed E-state index contributed by atoms with van der Waals surface area (Å²) in [4.78, 5) is 4.83. The van der Waals surface area contributed by atoms with Crippen molar-refractivity contribution >= 4 is 41.6 Å². The van der Waals surface area contributed by atoms with Crippen LogP contribution < -0.4 is 14.4 Å². The minimum absolute atomic E-state index is 0.244. The Hall–Kier alpha value is -3.56. The fraction of sp³-hybridized carbons (Fsp3) is 0.125. The number of hydrogen-bond acceptors (Lipinski definition) is 7. The third-order valence-corrected chi connectivity index (χ3v) is 6.92. The number of nitrogens with zero attached hydrogens (tertiary/aromatic N) is 4. The lowest BCUT2D eigenvalue weighted by Gasteiger charge is -2.32. The summed E-state index contributed by atoms with van der Waals surface area (Å²) in [6, 6.07) is 22.7. The van der Waals surface area contributed by atoms with Crippen molar-refractivity contribution in [1.29, 1.82) is 0 Å². The van der Waals surface area contributed by atoms with Gasteiger partial charge in [0.2, 0.25) is 11.6 Å². The Labute approximate surface area is 199 Å². The molecule has 0 amide bonds. The molecule has 0 spiro atoms. The Bertz CT molecular complexity index is 1380. The van der Waals surface area contributed by atoms with Crippen LogP contribution >= 0.6 is 24.0 Å². The van der Waals surface area contributed by atoms with E-state index in [2.05, 4.69) is 68.7 Å². The molecule has 0 aliphatic carbocycles. The first-order chi connectivity index (χ1) is 16.3.